The van der Waals surface area contributed by atoms with Gasteiger partial charge in [-0.05, 0) is 0 Å². The molecule has 8 heteroatoms. The summed E-state index contributed by atoms with van der Waals surface area (Å²) in [5.74, 6) is -0.553. The van der Waals surface area contributed by atoms with Crippen LogP contribution >= 0.6 is 0 Å². The maximum absolute atomic E-state index is 12.6. The quantitative estimate of drug-likeness (QED) is 0.299. The van der Waals surface area contributed by atoms with Crippen molar-refractivity contribution < 1.29 is 23.9 Å². The van der Waals surface area contributed by atoms with Gasteiger partial charge in [0, 0.05) is 0 Å². The van der Waals surface area contributed by atoms with Gasteiger partial charge in [0.05, 0.1) is 0 Å². The Hall–Kier alpha value is -2.01. The second-order valence-corrected chi connectivity index (χ2v) is 8.90. The second-order valence-electron chi connectivity index (χ2n) is 8.00. The van der Waals surface area contributed by atoms with E-state index in [0.717, 1.165) is 12.0 Å². The second kappa shape index (κ2) is 13.3. The number of ether oxygens (including phenoxy) is 2. The van der Waals surface area contributed by atoms with Gasteiger partial charge < -0.3 is 0 Å². The number of alkyl carbamates (subject to hydrolysis) is 1. The number of benzene rings is 1. The molecule has 1 unspecified atom stereocenters. The van der Waals surface area contributed by atoms with Crippen LogP contribution in [0.1, 0.15) is 58.9 Å². The van der Waals surface area contributed by atoms with Gasteiger partial charge in [-0.1, -0.05) is 0 Å². The molecule has 1 rings (SSSR count). The molecule has 0 aliphatic carbocycles. The molecule has 166 valence electrons. The first-order chi connectivity index (χ1) is 14.1. The first-order valence-electron chi connectivity index (χ1n) is 10.3. The van der Waals surface area contributed by atoms with E-state index in [2.05, 4.69) is 22.4 Å². The third-order valence-electron chi connectivity index (χ3n) is 4.03. The maximum atomic E-state index is 12.6. The first-order valence-corrected chi connectivity index (χ1v) is 11.2. The van der Waals surface area contributed by atoms with E-state index in [9.17, 15) is 14.4 Å². The van der Waals surface area contributed by atoms with Crippen molar-refractivity contribution in [1.29, 1.82) is 0 Å². The molecular weight excluding hydrogens is 447 g/mol. The Morgan fingerprint density at radius 3 is 2.40 bits per heavy atom. The number of unbranched alkanes of at least 4 members (excludes halogenated alkanes) is 1. The number of hydrogen-bond donors (Lipinski definition) is 1. The van der Waals surface area contributed by atoms with E-state index in [0.29, 0.717) is 32.4 Å². The molecule has 0 saturated heterocycles. The summed E-state index contributed by atoms with van der Waals surface area (Å²) in [7, 11) is 0. The fraction of sp³-hybridized carbons (Fsp3) is 0.591. The Balaban J connectivity index is 2.53. The number of carbonyl (C=O) groups excluding carboxylic acids is 3. The molecule has 0 heterocycles. The van der Waals surface area contributed by atoms with Crippen LogP contribution in [-0.4, -0.2) is 63.7 Å². The van der Waals surface area contributed by atoms with Crippen LogP contribution in [0.4, 0.5) is 4.79 Å². The summed E-state index contributed by atoms with van der Waals surface area (Å²) in [6.45, 7) is 8.09. The molecule has 0 aliphatic rings. The van der Waals surface area contributed by atoms with Gasteiger partial charge >= 0.3 is 189 Å². The van der Waals surface area contributed by atoms with Gasteiger partial charge in [0.2, 0.25) is 0 Å². The molecule has 0 spiro atoms. The number of hydrogen-bond acceptors (Lipinski definition) is 5. The molecule has 0 saturated carbocycles. The SMILES string of the molecule is CCCOC(=O)C(Cc1ccccc1)N([As])C(=O)CCCCNC(=O)OC(C)(C)C. The molecule has 1 atom stereocenters. The minimum absolute atomic E-state index is 0.151. The van der Waals surface area contributed by atoms with E-state index >= 15 is 0 Å². The molecule has 1 aromatic carbocycles. The standard InChI is InChI=1S/C22H33AsN2O5/c1-5-15-29-20(27)18(16-17-11-7-6-8-12-17)25(23)19(26)13-9-10-14-24-21(28)30-22(2,3)4/h6-8,11-12,18H,5,9-10,13-16H2,1-4H3,(H,24,28). The molecule has 1 aromatic rings. The minimum atomic E-state index is -0.689. The third kappa shape index (κ3) is 10.7. The number of amides is 2. The molecule has 2 amide bonds. The van der Waals surface area contributed by atoms with Gasteiger partial charge in [0.15, 0.2) is 0 Å². The molecule has 1 N–H and O–H groups in total. The number of nitrogens with zero attached hydrogens (tertiary/aromatic N) is 1. The van der Waals surface area contributed by atoms with Crippen LogP contribution in [-0.2, 0) is 25.5 Å². The summed E-state index contributed by atoms with van der Waals surface area (Å²) in [5, 5.41) is 2.67. The van der Waals surface area contributed by atoms with Crippen molar-refractivity contribution in [3.63, 3.8) is 0 Å². The van der Waals surface area contributed by atoms with Crippen molar-refractivity contribution >= 4 is 35.0 Å². The van der Waals surface area contributed by atoms with Crippen molar-refractivity contribution in [1.82, 2.24) is 9.13 Å². The van der Waals surface area contributed by atoms with Crippen LogP contribution < -0.4 is 5.32 Å². The molecule has 30 heavy (non-hydrogen) atoms. The first kappa shape index (κ1) is 26.0. The number of carbonyl (C=O) groups is 3. The van der Waals surface area contributed by atoms with Crippen molar-refractivity contribution in [2.75, 3.05) is 13.2 Å². The molecule has 0 fully saturated rings. The van der Waals surface area contributed by atoms with Gasteiger partial charge in [-0.25, -0.2) is 0 Å². The van der Waals surface area contributed by atoms with E-state index in [-0.39, 0.29) is 12.3 Å². The predicted molar refractivity (Wildman–Crippen MR) is 116 cm³/mol. The van der Waals surface area contributed by atoms with E-state index in [4.69, 9.17) is 9.47 Å². The van der Waals surface area contributed by atoms with Crippen LogP contribution in [0.25, 0.3) is 0 Å². The van der Waals surface area contributed by atoms with Crippen LogP contribution in [0.3, 0.4) is 0 Å². The zero-order valence-corrected chi connectivity index (χ0v) is 20.2. The molecule has 7 nitrogen and oxygen atoms in total. The Morgan fingerprint density at radius 1 is 1.13 bits per heavy atom. The Morgan fingerprint density at radius 2 is 1.80 bits per heavy atom. The van der Waals surface area contributed by atoms with E-state index < -0.39 is 23.7 Å². The summed E-state index contributed by atoms with van der Waals surface area (Å²) in [4.78, 5) is 36.8. The Labute approximate surface area is 188 Å². The molecule has 0 aromatic heterocycles. The number of esters is 1. The molecule has 2 radical (unpaired) electrons. The third-order valence-corrected chi connectivity index (χ3v) is 5.08. The van der Waals surface area contributed by atoms with Crippen LogP contribution in [0.5, 0.6) is 0 Å². The average molecular weight is 480 g/mol. The monoisotopic (exact) mass is 480 g/mol. The Bertz CT molecular complexity index is 676. The summed E-state index contributed by atoms with van der Waals surface area (Å²) < 4.78 is 11.9. The van der Waals surface area contributed by atoms with E-state index in [1.807, 2.05) is 37.3 Å². The molecular formula is C22H33AsN2O5. The number of rotatable bonds is 11. The average Bonchev–Trinajstić information content (AvgIpc) is 2.68. The normalized spacial score (nSPS) is 12.0. The number of nitrogens with one attached hydrogen (secondary N) is 1. The summed E-state index contributed by atoms with van der Waals surface area (Å²) in [6.07, 6.45) is 2.15. The summed E-state index contributed by atoms with van der Waals surface area (Å²) >= 11 is 2.19. The topological polar surface area (TPSA) is 84.9 Å². The Kier molecular flexibility index (Phi) is 11.6. The van der Waals surface area contributed by atoms with Crippen molar-refractivity contribution in [2.24, 2.45) is 0 Å². The van der Waals surface area contributed by atoms with E-state index in [1.54, 1.807) is 20.8 Å². The van der Waals surface area contributed by atoms with E-state index in [1.165, 1.54) is 3.82 Å². The fourth-order valence-corrected chi connectivity index (χ4v) is 3.18. The van der Waals surface area contributed by atoms with Gasteiger partial charge in [-0.3, -0.25) is 0 Å². The fourth-order valence-electron chi connectivity index (χ4n) is 2.60. The molecule has 0 bridgehead atoms. The summed E-state index contributed by atoms with van der Waals surface area (Å²) in [6, 6.07) is 8.87. The van der Waals surface area contributed by atoms with Crippen molar-refractivity contribution in [3.05, 3.63) is 35.9 Å². The van der Waals surface area contributed by atoms with Gasteiger partial charge in [-0.2, -0.15) is 0 Å². The van der Waals surface area contributed by atoms with Crippen LogP contribution in [0, 0.1) is 0 Å². The zero-order chi connectivity index (χ0) is 22.6. The molecule has 0 aliphatic heterocycles. The van der Waals surface area contributed by atoms with Crippen molar-refractivity contribution in [3.8, 4) is 0 Å². The van der Waals surface area contributed by atoms with Crippen LogP contribution in [0.2, 0.25) is 0 Å². The van der Waals surface area contributed by atoms with Gasteiger partial charge in [0.25, 0.3) is 0 Å². The zero-order valence-electron chi connectivity index (χ0n) is 18.3. The summed E-state index contributed by atoms with van der Waals surface area (Å²) in [5.41, 5.74) is 0.419. The van der Waals surface area contributed by atoms with Crippen molar-refractivity contribution in [2.45, 2.75) is 71.4 Å². The predicted octanol–water partition coefficient (Wildman–Crippen LogP) is 3.16. The van der Waals surface area contributed by atoms with Crippen LogP contribution in [0.15, 0.2) is 30.3 Å². The van der Waals surface area contributed by atoms with Gasteiger partial charge in [0.1, 0.15) is 0 Å². The van der Waals surface area contributed by atoms with Gasteiger partial charge in [-0.15, -0.1) is 0 Å².